The summed E-state index contributed by atoms with van der Waals surface area (Å²) in [4.78, 5) is 15.2. The van der Waals surface area contributed by atoms with Gasteiger partial charge in [0, 0.05) is 33.2 Å². The van der Waals surface area contributed by atoms with Crippen LogP contribution in [-0.2, 0) is 5.41 Å². The molecular formula is C45H39N5. The molecule has 4 atom stereocenters. The van der Waals surface area contributed by atoms with Gasteiger partial charge in [0.2, 0.25) is 0 Å². The highest BCUT2D eigenvalue weighted by atomic mass is 15.0. The average Bonchev–Trinajstić information content (AvgIpc) is 3.48. The van der Waals surface area contributed by atoms with Crippen molar-refractivity contribution in [2.45, 2.75) is 51.4 Å². The lowest BCUT2D eigenvalue weighted by Crippen LogP contribution is -2.42. The minimum absolute atomic E-state index is 0.277. The molecule has 0 aliphatic heterocycles. The fraction of sp³-hybridized carbons (Fsp3) is 0.244. The predicted molar refractivity (Wildman–Crippen MR) is 202 cm³/mol. The van der Waals surface area contributed by atoms with Gasteiger partial charge >= 0.3 is 0 Å². The van der Waals surface area contributed by atoms with Crippen molar-refractivity contribution in [3.63, 3.8) is 0 Å². The summed E-state index contributed by atoms with van der Waals surface area (Å²) in [5.41, 5.74) is 8.30. The van der Waals surface area contributed by atoms with Gasteiger partial charge in [-0.2, -0.15) is 5.26 Å². The number of hydrogen-bond acceptors (Lipinski definition) is 4. The molecule has 244 valence electrons. The van der Waals surface area contributed by atoms with E-state index in [4.69, 9.17) is 15.0 Å². The minimum Gasteiger partial charge on any atom is -0.309 e. The lowest BCUT2D eigenvalue weighted by atomic mass is 9.54. The first-order valence-corrected chi connectivity index (χ1v) is 17.9. The van der Waals surface area contributed by atoms with Crippen molar-refractivity contribution in [3.8, 4) is 45.9 Å². The topological polar surface area (TPSA) is 67.4 Å². The monoisotopic (exact) mass is 649 g/mol. The van der Waals surface area contributed by atoms with Gasteiger partial charge in [-0.05, 0) is 91.2 Å². The van der Waals surface area contributed by atoms with Gasteiger partial charge in [-0.25, -0.2) is 15.0 Å². The van der Waals surface area contributed by atoms with Crippen molar-refractivity contribution in [2.24, 2.45) is 17.8 Å². The van der Waals surface area contributed by atoms with Gasteiger partial charge in [0.05, 0.1) is 22.7 Å². The van der Waals surface area contributed by atoms with Crippen molar-refractivity contribution in [2.75, 3.05) is 0 Å². The maximum Gasteiger partial charge on any atom is 0.164 e. The molecule has 2 fully saturated rings. The zero-order valence-electron chi connectivity index (χ0n) is 28.6. The molecule has 2 heterocycles. The fourth-order valence-electron chi connectivity index (χ4n) is 9.48. The molecule has 9 rings (SSSR count). The Balaban J connectivity index is 1.16. The first kappa shape index (κ1) is 30.5. The Kier molecular flexibility index (Phi) is 7.35. The van der Waals surface area contributed by atoms with E-state index in [-0.39, 0.29) is 5.41 Å². The third-order valence-electron chi connectivity index (χ3n) is 11.2. The van der Waals surface area contributed by atoms with Crippen LogP contribution in [-0.4, -0.2) is 19.5 Å². The molecule has 5 heteroatoms. The van der Waals surface area contributed by atoms with Crippen molar-refractivity contribution in [1.82, 2.24) is 19.5 Å². The summed E-state index contributed by atoms with van der Waals surface area (Å²) in [5, 5.41) is 12.0. The van der Waals surface area contributed by atoms with Crippen molar-refractivity contribution in [1.29, 1.82) is 5.26 Å². The van der Waals surface area contributed by atoms with E-state index in [0.29, 0.717) is 23.0 Å². The molecule has 50 heavy (non-hydrogen) atoms. The van der Waals surface area contributed by atoms with E-state index in [1.807, 2.05) is 36.4 Å². The highest BCUT2D eigenvalue weighted by Crippen LogP contribution is 2.54. The molecule has 0 saturated heterocycles. The van der Waals surface area contributed by atoms with Gasteiger partial charge < -0.3 is 4.57 Å². The van der Waals surface area contributed by atoms with Crippen molar-refractivity contribution in [3.05, 3.63) is 132 Å². The summed E-state index contributed by atoms with van der Waals surface area (Å²) in [6.45, 7) is 4.89. The van der Waals surface area contributed by atoms with Crippen LogP contribution in [0.15, 0.2) is 121 Å². The van der Waals surface area contributed by atoms with Crippen LogP contribution in [0.2, 0.25) is 0 Å². The summed E-state index contributed by atoms with van der Waals surface area (Å²) < 4.78 is 2.23. The molecule has 0 N–H and O–H groups in total. The molecule has 0 spiro atoms. The number of para-hydroxylation sites is 1. The molecule has 2 aliphatic rings. The highest BCUT2D eigenvalue weighted by Gasteiger charge is 2.45. The molecule has 2 unspecified atom stereocenters. The molecule has 5 nitrogen and oxygen atoms in total. The Labute approximate surface area is 293 Å². The zero-order chi connectivity index (χ0) is 33.8. The van der Waals surface area contributed by atoms with Crippen LogP contribution >= 0.6 is 0 Å². The van der Waals surface area contributed by atoms with Crippen molar-refractivity contribution < 1.29 is 0 Å². The Morgan fingerprint density at radius 3 is 1.94 bits per heavy atom. The molecule has 2 bridgehead atoms. The number of benzene rings is 5. The number of nitriles is 1. The van der Waals surface area contributed by atoms with Crippen LogP contribution in [0.4, 0.5) is 0 Å². The summed E-state index contributed by atoms with van der Waals surface area (Å²) in [6.07, 6.45) is 6.62. The van der Waals surface area contributed by atoms with E-state index in [0.717, 1.165) is 61.9 Å². The molecule has 7 aromatic rings. The first-order valence-electron chi connectivity index (χ1n) is 17.9. The second-order valence-corrected chi connectivity index (χ2v) is 14.9. The van der Waals surface area contributed by atoms with Gasteiger partial charge in [-0.3, -0.25) is 0 Å². The van der Waals surface area contributed by atoms with Gasteiger partial charge in [0.15, 0.2) is 17.5 Å². The molecule has 0 amide bonds. The van der Waals surface area contributed by atoms with E-state index in [9.17, 15) is 5.26 Å². The van der Waals surface area contributed by atoms with E-state index in [1.165, 1.54) is 37.7 Å². The Morgan fingerprint density at radius 1 is 0.600 bits per heavy atom. The van der Waals surface area contributed by atoms with Gasteiger partial charge in [-0.15, -0.1) is 0 Å². The summed E-state index contributed by atoms with van der Waals surface area (Å²) in [6, 6.07) is 44.3. The van der Waals surface area contributed by atoms with Crippen LogP contribution in [0.1, 0.15) is 57.1 Å². The Morgan fingerprint density at radius 2 is 1.22 bits per heavy atom. The van der Waals surface area contributed by atoms with Gasteiger partial charge in [0.1, 0.15) is 0 Å². The number of nitrogens with zero attached hydrogens (tertiary/aromatic N) is 5. The number of aromatic nitrogens is 4. The Bertz CT molecular complexity index is 2400. The lowest BCUT2D eigenvalue weighted by molar-refractivity contribution is 0.0780. The van der Waals surface area contributed by atoms with Gasteiger partial charge in [-0.1, -0.05) is 105 Å². The second kappa shape index (κ2) is 12.1. The molecule has 2 saturated carbocycles. The second-order valence-electron chi connectivity index (χ2n) is 14.9. The third kappa shape index (κ3) is 5.27. The minimum atomic E-state index is 0.277. The number of hydrogen-bond donors (Lipinski definition) is 0. The standard InChI is InChI=1S/C45H39N5/c1-29-21-32-22-30(2)26-45(25-29,27-32)36-18-16-34(17-19-36)43-47-42(33-9-4-3-5-10-33)48-44(49-43)35-11-8-12-37(24-35)50-40-14-7-6-13-38(40)39-20-15-31(28-46)23-41(39)50/h3-20,23-24,29-30,32H,21-22,25-27H2,1-2H3/t29-,30+,32?,45?. The van der Waals surface area contributed by atoms with Crippen LogP contribution in [0, 0.1) is 29.1 Å². The van der Waals surface area contributed by atoms with Crippen molar-refractivity contribution >= 4 is 21.8 Å². The van der Waals surface area contributed by atoms with E-state index >= 15 is 0 Å². The maximum atomic E-state index is 9.73. The fourth-order valence-corrected chi connectivity index (χ4v) is 9.48. The predicted octanol–water partition coefficient (Wildman–Crippen LogP) is 10.9. The first-order chi connectivity index (χ1) is 24.5. The normalized spacial score (nSPS) is 21.7. The number of rotatable bonds is 5. The highest BCUT2D eigenvalue weighted by molar-refractivity contribution is 6.09. The maximum absolute atomic E-state index is 9.73. The summed E-state index contributed by atoms with van der Waals surface area (Å²) in [7, 11) is 0. The number of fused-ring (bicyclic) bond motifs is 5. The quantitative estimate of drug-likeness (QED) is 0.186. The SMILES string of the molecule is C[C@@H]1CC2C[C@H](C)CC(c3ccc(-c4nc(-c5ccccc5)nc(-c5cccc(-n6c7ccccc7c7ccc(C#N)cc76)c5)n4)cc3)(C2)C1. The molecule has 0 radical (unpaired) electrons. The van der Waals surface area contributed by atoms with E-state index < -0.39 is 0 Å². The largest absolute Gasteiger partial charge is 0.309 e. The van der Waals surface area contributed by atoms with Crippen LogP contribution in [0.25, 0.3) is 61.7 Å². The molecule has 2 aliphatic carbocycles. The molecule has 5 aromatic carbocycles. The van der Waals surface area contributed by atoms with Gasteiger partial charge in [0.25, 0.3) is 0 Å². The smallest absolute Gasteiger partial charge is 0.164 e. The lowest BCUT2D eigenvalue weighted by Gasteiger charge is -2.50. The van der Waals surface area contributed by atoms with E-state index in [2.05, 4.69) is 109 Å². The van der Waals surface area contributed by atoms with Crippen LogP contribution in [0.5, 0.6) is 0 Å². The Hall–Kier alpha value is -5.60. The molecular weight excluding hydrogens is 611 g/mol. The third-order valence-corrected chi connectivity index (χ3v) is 11.2. The summed E-state index contributed by atoms with van der Waals surface area (Å²) >= 11 is 0. The zero-order valence-corrected chi connectivity index (χ0v) is 28.6. The van der Waals surface area contributed by atoms with E-state index in [1.54, 1.807) is 0 Å². The average molecular weight is 650 g/mol. The molecule has 2 aromatic heterocycles. The summed E-state index contributed by atoms with van der Waals surface area (Å²) in [5.74, 6) is 4.33. The van der Waals surface area contributed by atoms with Crippen LogP contribution < -0.4 is 0 Å². The van der Waals surface area contributed by atoms with Crippen LogP contribution in [0.3, 0.4) is 0 Å².